The number of hydrogen-bond acceptors (Lipinski definition) is 5. The molecule has 1 aromatic rings. The van der Waals surface area contributed by atoms with Crippen LogP contribution in [-0.2, 0) is 15.5 Å². The molecule has 1 fully saturated rings. The van der Waals surface area contributed by atoms with Gasteiger partial charge in [-0.15, -0.1) is 0 Å². The van der Waals surface area contributed by atoms with E-state index in [9.17, 15) is 9.00 Å². The van der Waals surface area contributed by atoms with Crippen molar-refractivity contribution in [2.75, 3.05) is 18.8 Å². The van der Waals surface area contributed by atoms with Gasteiger partial charge in [-0.05, 0) is 33.1 Å². The molecule has 2 rings (SSSR count). The lowest BCUT2D eigenvalue weighted by atomic mass is 10.2. The summed E-state index contributed by atoms with van der Waals surface area (Å²) in [5.41, 5.74) is -0.505. The molecule has 8 heteroatoms. The Labute approximate surface area is 137 Å². The zero-order chi connectivity index (χ0) is 16.3. The normalized spacial score (nSPS) is 20.0. The Morgan fingerprint density at radius 3 is 2.68 bits per heavy atom. The Morgan fingerprint density at radius 2 is 2.09 bits per heavy atom. The number of carbonyl (C=O) groups excluding carboxylic acids is 1. The van der Waals surface area contributed by atoms with Crippen molar-refractivity contribution in [3.05, 3.63) is 17.4 Å². The van der Waals surface area contributed by atoms with Gasteiger partial charge in [-0.1, -0.05) is 11.6 Å². The molecule has 0 saturated carbocycles. The van der Waals surface area contributed by atoms with Crippen molar-refractivity contribution >= 4 is 28.5 Å². The Hall–Kier alpha value is -1.21. The summed E-state index contributed by atoms with van der Waals surface area (Å²) in [4.78, 5) is 21.6. The third kappa shape index (κ3) is 4.91. The van der Waals surface area contributed by atoms with Crippen molar-refractivity contribution in [1.29, 1.82) is 0 Å². The second-order valence-corrected chi connectivity index (χ2v) is 8.10. The van der Waals surface area contributed by atoms with Crippen LogP contribution in [0.1, 0.15) is 27.2 Å². The fourth-order valence-corrected chi connectivity index (χ4v) is 3.46. The minimum absolute atomic E-state index is 0.160. The molecule has 0 bridgehead atoms. The van der Waals surface area contributed by atoms with Gasteiger partial charge in [0.25, 0.3) is 0 Å². The number of ether oxygens (including phenoxy) is 1. The molecule has 2 atom stereocenters. The molecule has 1 aliphatic rings. The number of aromatic nitrogens is 2. The predicted octanol–water partition coefficient (Wildman–Crippen LogP) is 2.49. The molecule has 1 amide bonds. The predicted molar refractivity (Wildman–Crippen MR) is 84.2 cm³/mol. The molecule has 1 aliphatic heterocycles. The molecule has 2 heterocycles. The summed E-state index contributed by atoms with van der Waals surface area (Å²) in [6, 6.07) is 0. The van der Waals surface area contributed by atoms with E-state index in [0.29, 0.717) is 23.9 Å². The number of amides is 1. The standard InChI is InChI=1S/C14H20ClN3O3S/c1-14(2,3)21-13(19)18-5-4-10(8-18)9-22(20)12-16-6-11(15)7-17-12/h6-7,10H,4-5,8-9H2,1-3H3. The zero-order valence-corrected chi connectivity index (χ0v) is 14.5. The second-order valence-electron chi connectivity index (χ2n) is 6.28. The lowest BCUT2D eigenvalue weighted by Gasteiger charge is -2.24. The summed E-state index contributed by atoms with van der Waals surface area (Å²) >= 11 is 5.71. The molecule has 0 spiro atoms. The maximum Gasteiger partial charge on any atom is 0.410 e. The average molecular weight is 346 g/mol. The fourth-order valence-electron chi connectivity index (χ4n) is 2.17. The first-order valence-electron chi connectivity index (χ1n) is 7.08. The van der Waals surface area contributed by atoms with Gasteiger partial charge < -0.3 is 9.64 Å². The number of hydrogen-bond donors (Lipinski definition) is 0. The van der Waals surface area contributed by atoms with Gasteiger partial charge in [0.15, 0.2) is 0 Å². The minimum atomic E-state index is -1.29. The van der Waals surface area contributed by atoms with E-state index in [-0.39, 0.29) is 17.2 Å². The van der Waals surface area contributed by atoms with E-state index < -0.39 is 16.4 Å². The smallest absolute Gasteiger partial charge is 0.410 e. The Balaban J connectivity index is 1.87. The van der Waals surface area contributed by atoms with Gasteiger partial charge in [-0.2, -0.15) is 0 Å². The lowest BCUT2D eigenvalue weighted by Crippen LogP contribution is -2.35. The number of rotatable bonds is 3. The van der Waals surface area contributed by atoms with Crippen LogP contribution in [0.3, 0.4) is 0 Å². The molecule has 6 nitrogen and oxygen atoms in total. The molecule has 122 valence electrons. The van der Waals surface area contributed by atoms with E-state index in [4.69, 9.17) is 16.3 Å². The first-order valence-corrected chi connectivity index (χ1v) is 8.78. The topological polar surface area (TPSA) is 72.4 Å². The van der Waals surface area contributed by atoms with Crippen molar-refractivity contribution in [2.45, 2.75) is 37.9 Å². The van der Waals surface area contributed by atoms with Gasteiger partial charge in [0.2, 0.25) is 5.16 Å². The van der Waals surface area contributed by atoms with E-state index in [1.54, 1.807) is 4.90 Å². The van der Waals surface area contributed by atoms with E-state index in [2.05, 4.69) is 9.97 Å². The molecule has 2 unspecified atom stereocenters. The number of nitrogens with zero attached hydrogens (tertiary/aromatic N) is 3. The Bertz CT molecular complexity index is 559. The van der Waals surface area contributed by atoms with E-state index in [1.807, 2.05) is 20.8 Å². The van der Waals surface area contributed by atoms with E-state index in [1.165, 1.54) is 12.4 Å². The third-order valence-electron chi connectivity index (χ3n) is 3.12. The first kappa shape index (κ1) is 17.1. The average Bonchev–Trinajstić information content (AvgIpc) is 2.86. The van der Waals surface area contributed by atoms with E-state index in [0.717, 1.165) is 6.42 Å². The van der Waals surface area contributed by atoms with Gasteiger partial charge in [0.1, 0.15) is 5.60 Å². The highest BCUT2D eigenvalue weighted by molar-refractivity contribution is 7.84. The van der Waals surface area contributed by atoms with Gasteiger partial charge in [-0.25, -0.2) is 14.8 Å². The van der Waals surface area contributed by atoms with Crippen LogP contribution >= 0.6 is 11.6 Å². The van der Waals surface area contributed by atoms with Gasteiger partial charge in [-0.3, -0.25) is 4.21 Å². The van der Waals surface area contributed by atoms with Crippen molar-refractivity contribution in [3.8, 4) is 0 Å². The van der Waals surface area contributed by atoms with Crippen molar-refractivity contribution in [2.24, 2.45) is 5.92 Å². The van der Waals surface area contributed by atoms with Crippen LogP contribution in [0.5, 0.6) is 0 Å². The highest BCUT2D eigenvalue weighted by Crippen LogP contribution is 2.21. The maximum absolute atomic E-state index is 12.2. The van der Waals surface area contributed by atoms with Crippen LogP contribution in [0.2, 0.25) is 5.02 Å². The summed E-state index contributed by atoms with van der Waals surface area (Å²) in [6.07, 6.45) is 3.36. The van der Waals surface area contributed by atoms with Gasteiger partial charge >= 0.3 is 6.09 Å². The summed E-state index contributed by atoms with van der Waals surface area (Å²) in [5, 5.41) is 0.692. The molecular weight excluding hydrogens is 326 g/mol. The molecule has 0 aliphatic carbocycles. The first-order chi connectivity index (χ1) is 10.2. The third-order valence-corrected chi connectivity index (χ3v) is 4.71. The van der Waals surface area contributed by atoms with Gasteiger partial charge in [0, 0.05) is 18.8 Å². The van der Waals surface area contributed by atoms with Crippen LogP contribution in [0.15, 0.2) is 17.6 Å². The highest BCUT2D eigenvalue weighted by Gasteiger charge is 2.31. The van der Waals surface area contributed by atoms with Crippen molar-refractivity contribution in [1.82, 2.24) is 14.9 Å². The SMILES string of the molecule is CC(C)(C)OC(=O)N1CCC(CS(=O)c2ncc(Cl)cn2)C1. The number of halogens is 1. The summed E-state index contributed by atoms with van der Waals surface area (Å²) in [5.74, 6) is 0.591. The highest BCUT2D eigenvalue weighted by atomic mass is 35.5. The van der Waals surface area contributed by atoms with Crippen LogP contribution in [0.25, 0.3) is 0 Å². The molecule has 0 radical (unpaired) electrons. The maximum atomic E-state index is 12.2. The fraction of sp³-hybridized carbons (Fsp3) is 0.643. The van der Waals surface area contributed by atoms with Gasteiger partial charge in [0.05, 0.1) is 28.2 Å². The second kappa shape index (κ2) is 6.91. The Kier molecular flexibility index (Phi) is 5.39. The number of carbonyl (C=O) groups is 1. The van der Waals surface area contributed by atoms with Crippen LogP contribution < -0.4 is 0 Å². The molecule has 1 saturated heterocycles. The van der Waals surface area contributed by atoms with Crippen molar-refractivity contribution < 1.29 is 13.7 Å². The van der Waals surface area contributed by atoms with E-state index >= 15 is 0 Å². The monoisotopic (exact) mass is 345 g/mol. The van der Waals surface area contributed by atoms with Crippen LogP contribution in [0.4, 0.5) is 4.79 Å². The summed E-state index contributed by atoms with van der Waals surface area (Å²) in [6.45, 7) is 6.69. The lowest BCUT2D eigenvalue weighted by molar-refractivity contribution is 0.0289. The molecular formula is C14H20ClN3O3S. The quantitative estimate of drug-likeness (QED) is 0.787. The summed E-state index contributed by atoms with van der Waals surface area (Å²) < 4.78 is 17.6. The molecule has 0 aromatic carbocycles. The van der Waals surface area contributed by atoms with Crippen molar-refractivity contribution in [3.63, 3.8) is 0 Å². The minimum Gasteiger partial charge on any atom is -0.444 e. The molecule has 0 N–H and O–H groups in total. The van der Waals surface area contributed by atoms with Crippen LogP contribution in [-0.4, -0.2) is 49.6 Å². The van der Waals surface area contributed by atoms with Crippen LogP contribution in [0, 0.1) is 5.92 Å². The summed E-state index contributed by atoms with van der Waals surface area (Å²) in [7, 11) is -1.29. The Morgan fingerprint density at radius 1 is 1.45 bits per heavy atom. The zero-order valence-electron chi connectivity index (χ0n) is 12.9. The molecule has 22 heavy (non-hydrogen) atoms. The molecule has 1 aromatic heterocycles. The number of likely N-dealkylation sites (tertiary alicyclic amines) is 1. The largest absolute Gasteiger partial charge is 0.444 e.